The predicted molar refractivity (Wildman–Crippen MR) is 230 cm³/mol. The van der Waals surface area contributed by atoms with Crippen molar-refractivity contribution < 1.29 is 177 Å². The van der Waals surface area contributed by atoms with Crippen LogP contribution < -0.4 is 5.54 Å². The number of rotatable bonds is 48. The van der Waals surface area contributed by atoms with Gasteiger partial charge in [0.15, 0.2) is 0 Å². The smallest absolute Gasteiger partial charge is 0.396 e. The Bertz CT molecular complexity index is 1980. The van der Waals surface area contributed by atoms with Crippen LogP contribution >= 0.6 is 70.4 Å². The average Bonchev–Trinajstić information content (AvgIpc) is 3.26. The average molecular weight is 1250 g/mol. The van der Waals surface area contributed by atoms with Crippen LogP contribution in [-0.2, 0) is 118 Å². The molecule has 0 radical (unpaired) electrons. The summed E-state index contributed by atoms with van der Waals surface area (Å²) in [6, 6.07) is 0. The molecule has 0 fully saturated rings. The molecule has 0 aromatic carbocycles. The lowest BCUT2D eigenvalue weighted by molar-refractivity contribution is 0.0655. The van der Waals surface area contributed by atoms with Crippen LogP contribution in [0.1, 0.15) is 13.8 Å². The number of aliphatic hydroxyl groups is 1. The first kappa shape index (κ1) is 72.8. The van der Waals surface area contributed by atoms with E-state index in [9.17, 15) is 84.7 Å². The zero-order valence-corrected chi connectivity index (χ0v) is 45.7. The number of halogens is 1. The summed E-state index contributed by atoms with van der Waals surface area (Å²) in [5.74, 6) is -2.58. The molecule has 434 valence electrons. The summed E-state index contributed by atoms with van der Waals surface area (Å²) in [6.45, 7) is -11.7. The van der Waals surface area contributed by atoms with E-state index in [4.69, 9.17) is 14.9 Å². The number of aliphatic hydroxyl groups excluding tert-OH is 1. The van der Waals surface area contributed by atoms with Crippen LogP contribution in [0.3, 0.4) is 0 Å². The van der Waals surface area contributed by atoms with E-state index in [1.807, 2.05) is 0 Å². The van der Waals surface area contributed by atoms with Crippen molar-refractivity contribution in [2.45, 2.75) is 13.8 Å². The molecule has 0 aliphatic rings. The number of hydrogen-bond acceptors (Lipinski definition) is 28. The first-order valence-corrected chi connectivity index (χ1v) is 33.0. The number of phosphoric acid groups is 9. The largest absolute Gasteiger partial charge is 0.472 e. The van der Waals surface area contributed by atoms with Crippen molar-refractivity contribution in [3.8, 4) is 0 Å². The van der Waals surface area contributed by atoms with Crippen molar-refractivity contribution in [3.05, 3.63) is 0 Å². The van der Waals surface area contributed by atoms with Crippen LogP contribution in [-0.4, -0.2) is 180 Å². The van der Waals surface area contributed by atoms with Crippen LogP contribution in [0.2, 0.25) is 0 Å². The molecule has 0 aliphatic carbocycles. The second-order valence-electron chi connectivity index (χ2n) is 13.3. The number of phosphoric ester groups is 9. The molecule has 48 heteroatoms. The van der Waals surface area contributed by atoms with Crippen molar-refractivity contribution in [2.24, 2.45) is 17.8 Å². The van der Waals surface area contributed by atoms with E-state index >= 15 is 0 Å². The standard InChI is InChI=1S/C24H59FNO37P9/c1-22(16-27)17-60-69(39,40)55-11-7-51-65(31,32)47-3-5-49-67(35,36)53-9-13-57-71(43,44)62-20-24(15-26-25)21-63-72(45,46)58-14-10-54-68(37,38)50-6-4-48-66(33,34)52-8-12-56-70(41,42)61-19-23(2)18-59-64(28,29)30/h22-24,26-27H,3-21H2,1-2H3,(H,31,32)(H,33,34)(H,35,36)(H,37,38)(H,39,40)(H,41,42)(H,43,44)(H,45,46)(H2,28,29,30). The summed E-state index contributed by atoms with van der Waals surface area (Å²) in [4.78, 5) is 94.8. The van der Waals surface area contributed by atoms with Crippen molar-refractivity contribution in [2.75, 3.05) is 125 Å². The molecule has 11 atom stereocenters. The SMILES string of the molecule is CC(CO)COP(=O)(O)OCCOP(=O)(O)OCCOP(=O)(O)OCCOP(=O)(O)OCC(CNF)COP(=O)(O)OCCOP(=O)(O)OCCOP(=O)(O)OCCOP(=O)(O)OCC(C)COP(=O)(O)O. The highest BCUT2D eigenvalue weighted by Gasteiger charge is 2.31. The fourth-order valence-corrected chi connectivity index (χ4v) is 9.96. The Morgan fingerprint density at radius 1 is 0.333 bits per heavy atom. The summed E-state index contributed by atoms with van der Waals surface area (Å²) in [5.41, 5.74) is 1.15. The van der Waals surface area contributed by atoms with E-state index < -0.39 is 200 Å². The van der Waals surface area contributed by atoms with E-state index in [-0.39, 0.29) is 13.2 Å². The molecule has 0 bridgehead atoms. The lowest BCUT2D eigenvalue weighted by atomic mass is 10.2. The fourth-order valence-electron chi connectivity index (χ4n) is 3.57. The zero-order chi connectivity index (χ0) is 55.4. The van der Waals surface area contributed by atoms with Gasteiger partial charge in [0.2, 0.25) is 0 Å². The van der Waals surface area contributed by atoms with Crippen molar-refractivity contribution in [1.29, 1.82) is 0 Å². The molecular formula is C24H59FNO37P9. The fraction of sp³-hybridized carbons (Fsp3) is 1.00. The van der Waals surface area contributed by atoms with E-state index in [0.29, 0.717) is 0 Å². The van der Waals surface area contributed by atoms with Gasteiger partial charge >= 0.3 is 70.4 Å². The minimum absolute atomic E-state index is 0.332. The molecule has 72 heavy (non-hydrogen) atoms. The monoisotopic (exact) mass is 1250 g/mol. The van der Waals surface area contributed by atoms with Gasteiger partial charge in [-0.15, -0.1) is 4.48 Å². The second kappa shape index (κ2) is 35.5. The van der Waals surface area contributed by atoms with Crippen LogP contribution in [0.25, 0.3) is 0 Å². The first-order chi connectivity index (χ1) is 32.9. The third-order valence-electron chi connectivity index (χ3n) is 6.75. The van der Waals surface area contributed by atoms with Gasteiger partial charge in [-0.2, -0.15) is 5.54 Å². The quantitative estimate of drug-likeness (QED) is 0.0233. The minimum Gasteiger partial charge on any atom is -0.396 e. The third kappa shape index (κ3) is 42.8. The summed E-state index contributed by atoms with van der Waals surface area (Å²) < 4.78 is 196. The maximum absolute atomic E-state index is 12.9. The Labute approximate surface area is 408 Å². The number of nitrogens with one attached hydrogen (secondary N) is 1. The van der Waals surface area contributed by atoms with E-state index in [0.717, 1.165) is 5.54 Å². The molecule has 0 aromatic heterocycles. The van der Waals surface area contributed by atoms with Gasteiger partial charge in [-0.1, -0.05) is 13.8 Å². The van der Waals surface area contributed by atoms with Gasteiger partial charge in [-0.25, -0.2) is 41.1 Å². The Kier molecular flexibility index (Phi) is 35.9. The van der Waals surface area contributed by atoms with Gasteiger partial charge in [-0.05, 0) is 0 Å². The molecule has 0 rings (SSSR count). The van der Waals surface area contributed by atoms with Gasteiger partial charge in [0, 0.05) is 30.9 Å². The third-order valence-corrected chi connectivity index (χ3v) is 15.2. The highest BCUT2D eigenvalue weighted by atomic mass is 31.2. The molecule has 0 saturated heterocycles. The van der Waals surface area contributed by atoms with Gasteiger partial charge in [0.25, 0.3) is 0 Å². The van der Waals surface area contributed by atoms with Crippen molar-refractivity contribution >= 4 is 70.4 Å². The molecule has 0 heterocycles. The molecule has 0 spiro atoms. The van der Waals surface area contributed by atoms with Crippen molar-refractivity contribution in [1.82, 2.24) is 5.54 Å². The van der Waals surface area contributed by atoms with Crippen LogP contribution in [0, 0.1) is 17.8 Å². The topological polar surface area (TPSA) is 545 Å². The Hall–Kier alpha value is 0.840. The summed E-state index contributed by atoms with van der Waals surface area (Å²) in [5, 5.41) is 8.89. The van der Waals surface area contributed by atoms with Gasteiger partial charge in [0.1, 0.15) is 0 Å². The molecule has 0 amide bonds. The molecule has 0 saturated carbocycles. The zero-order valence-electron chi connectivity index (χ0n) is 37.6. The number of hydrogen-bond donors (Lipinski definition) is 12. The second-order valence-corrected chi connectivity index (χ2v) is 26.2. The van der Waals surface area contributed by atoms with Gasteiger partial charge < -0.3 is 54.0 Å². The van der Waals surface area contributed by atoms with E-state index in [1.165, 1.54) is 13.8 Å². The van der Waals surface area contributed by atoms with Crippen LogP contribution in [0.4, 0.5) is 4.48 Å². The highest BCUT2D eigenvalue weighted by molar-refractivity contribution is 7.49. The maximum atomic E-state index is 12.9. The van der Waals surface area contributed by atoms with Gasteiger partial charge in [-0.3, -0.25) is 76.9 Å². The Morgan fingerprint density at radius 3 is 0.736 bits per heavy atom. The predicted octanol–water partition coefficient (Wildman–Crippen LogP) is 1.52. The molecule has 38 nitrogen and oxygen atoms in total. The van der Waals surface area contributed by atoms with Gasteiger partial charge in [0.05, 0.1) is 112 Å². The molecule has 11 unspecified atom stereocenters. The maximum Gasteiger partial charge on any atom is 0.472 e. The first-order valence-electron chi connectivity index (χ1n) is 19.5. The summed E-state index contributed by atoms with van der Waals surface area (Å²) in [7, 11) is -43.9. The van der Waals surface area contributed by atoms with Crippen LogP contribution in [0.15, 0.2) is 0 Å². The van der Waals surface area contributed by atoms with Crippen LogP contribution in [0.5, 0.6) is 0 Å². The minimum atomic E-state index is -5.05. The van der Waals surface area contributed by atoms with E-state index in [2.05, 4.69) is 76.9 Å². The summed E-state index contributed by atoms with van der Waals surface area (Å²) in [6.07, 6.45) is 0. The van der Waals surface area contributed by atoms with Crippen molar-refractivity contribution in [3.63, 3.8) is 0 Å². The molecule has 0 aliphatic heterocycles. The normalized spacial score (nSPS) is 20.6. The molecule has 12 N–H and O–H groups in total. The highest BCUT2D eigenvalue weighted by Crippen LogP contribution is 2.50. The lowest BCUT2D eigenvalue weighted by Crippen LogP contribution is -2.25. The molecular weight excluding hydrogens is 1190 g/mol. The van der Waals surface area contributed by atoms with E-state index in [1.54, 1.807) is 0 Å². The Morgan fingerprint density at radius 2 is 0.528 bits per heavy atom. The molecule has 0 aromatic rings. The summed E-state index contributed by atoms with van der Waals surface area (Å²) >= 11 is 0. The Balaban J connectivity index is 4.45. The lowest BCUT2D eigenvalue weighted by Gasteiger charge is -2.20.